The lowest BCUT2D eigenvalue weighted by molar-refractivity contribution is -0.137. The van der Waals surface area contributed by atoms with Gasteiger partial charge in [0.1, 0.15) is 5.82 Å². The number of benzene rings is 1. The molecule has 1 amide bonds. The summed E-state index contributed by atoms with van der Waals surface area (Å²) in [4.78, 5) is 15.2. The number of pyridine rings is 1. The number of hydrogen-bond donors (Lipinski definition) is 0. The average molecular weight is 364 g/mol. The summed E-state index contributed by atoms with van der Waals surface area (Å²) in [5.74, 6) is -0.210. The SMILES string of the molecule is CN(C(=O)C(C)(C)c1ccc(F)cc1)[C@@H]1CCc2cc3ccccn3c2C1. The van der Waals surface area contributed by atoms with E-state index in [1.807, 2.05) is 31.9 Å². The quantitative estimate of drug-likeness (QED) is 0.677. The number of carbonyl (C=O) groups is 1. The van der Waals surface area contributed by atoms with Crippen LogP contribution in [0.5, 0.6) is 0 Å². The minimum atomic E-state index is -0.691. The van der Waals surface area contributed by atoms with Crippen molar-refractivity contribution in [1.82, 2.24) is 9.30 Å². The molecular formula is C23H25FN2O. The predicted octanol–water partition coefficient (Wildman–Crippen LogP) is 4.37. The van der Waals surface area contributed by atoms with Gasteiger partial charge in [-0.1, -0.05) is 18.2 Å². The molecule has 0 radical (unpaired) electrons. The summed E-state index contributed by atoms with van der Waals surface area (Å²) in [6.45, 7) is 3.83. The molecule has 0 N–H and O–H groups in total. The van der Waals surface area contributed by atoms with Crippen molar-refractivity contribution in [1.29, 1.82) is 0 Å². The van der Waals surface area contributed by atoms with E-state index < -0.39 is 5.41 Å². The first kappa shape index (κ1) is 17.8. The number of hydrogen-bond acceptors (Lipinski definition) is 1. The first-order chi connectivity index (χ1) is 12.9. The predicted molar refractivity (Wildman–Crippen MR) is 105 cm³/mol. The third kappa shape index (κ3) is 3.03. The molecule has 0 aliphatic heterocycles. The summed E-state index contributed by atoms with van der Waals surface area (Å²) in [6, 6.07) is 14.9. The van der Waals surface area contributed by atoms with Crippen LogP contribution in [0.3, 0.4) is 0 Å². The molecule has 2 aromatic heterocycles. The molecule has 4 rings (SSSR count). The number of fused-ring (bicyclic) bond motifs is 3. The fraction of sp³-hybridized carbons (Fsp3) is 0.348. The van der Waals surface area contributed by atoms with Gasteiger partial charge in [-0.25, -0.2) is 4.39 Å². The molecule has 0 fully saturated rings. The Bertz CT molecular complexity index is 987. The number of carbonyl (C=O) groups excluding carboxylic acids is 1. The smallest absolute Gasteiger partial charge is 0.232 e. The summed E-state index contributed by atoms with van der Waals surface area (Å²) in [5, 5.41) is 0. The van der Waals surface area contributed by atoms with Gasteiger partial charge in [0, 0.05) is 36.9 Å². The molecule has 3 aromatic rings. The Labute approximate surface area is 159 Å². The molecule has 1 atom stereocenters. The lowest BCUT2D eigenvalue weighted by atomic mass is 9.82. The molecule has 1 aliphatic rings. The van der Waals surface area contributed by atoms with Gasteiger partial charge in [0.2, 0.25) is 5.91 Å². The minimum Gasteiger partial charge on any atom is -0.342 e. The van der Waals surface area contributed by atoms with E-state index in [0.717, 1.165) is 24.8 Å². The molecule has 0 spiro atoms. The lowest BCUT2D eigenvalue weighted by Crippen LogP contribution is -2.48. The zero-order chi connectivity index (χ0) is 19.2. The van der Waals surface area contributed by atoms with Crippen molar-refractivity contribution in [2.24, 2.45) is 0 Å². The monoisotopic (exact) mass is 364 g/mol. The van der Waals surface area contributed by atoms with Crippen molar-refractivity contribution < 1.29 is 9.18 Å². The van der Waals surface area contributed by atoms with Crippen molar-refractivity contribution in [3.8, 4) is 0 Å². The summed E-state index contributed by atoms with van der Waals surface area (Å²) in [7, 11) is 1.90. The van der Waals surface area contributed by atoms with Crippen LogP contribution in [0.1, 0.15) is 37.1 Å². The van der Waals surface area contributed by atoms with Gasteiger partial charge in [-0.3, -0.25) is 4.79 Å². The normalized spacial score (nSPS) is 17.0. The molecule has 4 heteroatoms. The highest BCUT2D eigenvalue weighted by Crippen LogP contribution is 2.31. The molecule has 0 unspecified atom stereocenters. The van der Waals surface area contributed by atoms with Gasteiger partial charge in [0.15, 0.2) is 0 Å². The average Bonchev–Trinajstić information content (AvgIpc) is 3.05. The third-order valence-electron chi connectivity index (χ3n) is 6.02. The Morgan fingerprint density at radius 3 is 2.67 bits per heavy atom. The van der Waals surface area contributed by atoms with E-state index in [2.05, 4.69) is 28.8 Å². The van der Waals surface area contributed by atoms with E-state index >= 15 is 0 Å². The van der Waals surface area contributed by atoms with Crippen molar-refractivity contribution in [3.63, 3.8) is 0 Å². The van der Waals surface area contributed by atoms with E-state index in [1.54, 1.807) is 12.1 Å². The zero-order valence-corrected chi connectivity index (χ0v) is 16.1. The maximum absolute atomic E-state index is 13.3. The van der Waals surface area contributed by atoms with E-state index in [9.17, 15) is 9.18 Å². The van der Waals surface area contributed by atoms with E-state index in [1.165, 1.54) is 28.9 Å². The Balaban J connectivity index is 1.58. The second-order valence-corrected chi connectivity index (χ2v) is 8.06. The molecule has 3 nitrogen and oxygen atoms in total. The third-order valence-corrected chi connectivity index (χ3v) is 6.02. The topological polar surface area (TPSA) is 24.7 Å². The highest BCUT2D eigenvalue weighted by molar-refractivity contribution is 5.87. The lowest BCUT2D eigenvalue weighted by Gasteiger charge is -2.37. The fourth-order valence-electron chi connectivity index (χ4n) is 4.26. The summed E-state index contributed by atoms with van der Waals surface area (Å²) < 4.78 is 15.5. The first-order valence-electron chi connectivity index (χ1n) is 9.49. The molecule has 140 valence electrons. The molecule has 0 bridgehead atoms. The standard InChI is InChI=1S/C23H25FN2O/c1-23(2,17-8-10-18(24)11-9-17)22(27)25(3)19-12-7-16-14-20-6-4-5-13-26(20)21(16)15-19/h4-6,8-11,13-14,19H,7,12,15H2,1-3H3/t19-/m1/s1. The van der Waals surface area contributed by atoms with Crippen molar-refractivity contribution in [2.45, 2.75) is 44.6 Å². The Morgan fingerprint density at radius 1 is 1.19 bits per heavy atom. The number of amides is 1. The van der Waals surface area contributed by atoms with Crippen LogP contribution < -0.4 is 0 Å². The van der Waals surface area contributed by atoms with Crippen LogP contribution in [0.4, 0.5) is 4.39 Å². The maximum Gasteiger partial charge on any atom is 0.232 e. The molecule has 2 heterocycles. The van der Waals surface area contributed by atoms with Gasteiger partial charge >= 0.3 is 0 Å². The van der Waals surface area contributed by atoms with Gasteiger partial charge in [0.05, 0.1) is 5.41 Å². The van der Waals surface area contributed by atoms with E-state index in [-0.39, 0.29) is 17.8 Å². The number of rotatable bonds is 3. The molecule has 1 aromatic carbocycles. The van der Waals surface area contributed by atoms with Crippen LogP contribution in [-0.4, -0.2) is 28.3 Å². The number of likely N-dealkylation sites (N-methyl/N-ethyl adjacent to an activating group) is 1. The van der Waals surface area contributed by atoms with Crippen LogP contribution in [0.25, 0.3) is 5.52 Å². The first-order valence-corrected chi connectivity index (χ1v) is 9.49. The summed E-state index contributed by atoms with van der Waals surface area (Å²) in [5.41, 5.74) is 4.05. The van der Waals surface area contributed by atoms with Crippen molar-refractivity contribution >= 4 is 11.4 Å². The second kappa shape index (κ2) is 6.52. The summed E-state index contributed by atoms with van der Waals surface area (Å²) in [6.07, 6.45) is 4.90. The maximum atomic E-state index is 13.3. The number of nitrogens with zero attached hydrogens (tertiary/aromatic N) is 2. The highest BCUT2D eigenvalue weighted by atomic mass is 19.1. The number of aryl methyl sites for hydroxylation is 1. The molecule has 27 heavy (non-hydrogen) atoms. The van der Waals surface area contributed by atoms with Gasteiger partial charge in [-0.15, -0.1) is 0 Å². The van der Waals surface area contributed by atoms with Gasteiger partial charge in [0.25, 0.3) is 0 Å². The van der Waals surface area contributed by atoms with E-state index in [0.29, 0.717) is 0 Å². The van der Waals surface area contributed by atoms with Gasteiger partial charge < -0.3 is 9.30 Å². The molecular weight excluding hydrogens is 339 g/mol. The number of aromatic nitrogens is 1. The van der Waals surface area contributed by atoms with Crippen LogP contribution in [0.15, 0.2) is 54.7 Å². The fourth-order valence-corrected chi connectivity index (χ4v) is 4.26. The Morgan fingerprint density at radius 2 is 1.93 bits per heavy atom. The molecule has 1 aliphatic carbocycles. The van der Waals surface area contributed by atoms with Crippen molar-refractivity contribution in [2.75, 3.05) is 7.05 Å². The highest BCUT2D eigenvalue weighted by Gasteiger charge is 2.36. The Hall–Kier alpha value is -2.62. The van der Waals surface area contributed by atoms with Crippen LogP contribution >= 0.6 is 0 Å². The second-order valence-electron chi connectivity index (χ2n) is 8.06. The van der Waals surface area contributed by atoms with Gasteiger partial charge in [-0.05, 0) is 68.1 Å². The van der Waals surface area contributed by atoms with Gasteiger partial charge in [-0.2, -0.15) is 0 Å². The summed E-state index contributed by atoms with van der Waals surface area (Å²) >= 11 is 0. The molecule has 0 saturated carbocycles. The largest absolute Gasteiger partial charge is 0.342 e. The van der Waals surface area contributed by atoms with Crippen LogP contribution in [-0.2, 0) is 23.1 Å². The van der Waals surface area contributed by atoms with E-state index in [4.69, 9.17) is 0 Å². The van der Waals surface area contributed by atoms with Crippen LogP contribution in [0.2, 0.25) is 0 Å². The van der Waals surface area contributed by atoms with Crippen molar-refractivity contribution in [3.05, 3.63) is 77.4 Å². The molecule has 0 saturated heterocycles. The zero-order valence-electron chi connectivity index (χ0n) is 16.1. The van der Waals surface area contributed by atoms with Crippen LogP contribution in [0, 0.1) is 5.82 Å². The number of halogens is 1. The minimum absolute atomic E-state index is 0.0726. The Kier molecular flexibility index (Phi) is 4.29.